The molecule has 1 aliphatic heterocycles. The van der Waals surface area contributed by atoms with Gasteiger partial charge in [0.25, 0.3) is 0 Å². The van der Waals surface area contributed by atoms with Crippen LogP contribution >= 0.6 is 0 Å². The van der Waals surface area contributed by atoms with Gasteiger partial charge < -0.3 is 0 Å². The Morgan fingerprint density at radius 2 is 1.85 bits per heavy atom. The number of aryl methyl sites for hydroxylation is 1. The SMILES string of the molecule is Cc1cnc(CN2CCC(c3ccncc3)CC2)cn1. The van der Waals surface area contributed by atoms with Crippen molar-refractivity contribution >= 4 is 0 Å². The molecule has 1 aliphatic rings. The van der Waals surface area contributed by atoms with Gasteiger partial charge in [0.2, 0.25) is 0 Å². The Balaban J connectivity index is 1.55. The van der Waals surface area contributed by atoms with E-state index in [1.807, 2.05) is 31.7 Å². The Bertz CT molecular complexity index is 530. The lowest BCUT2D eigenvalue weighted by Gasteiger charge is -2.31. The summed E-state index contributed by atoms with van der Waals surface area (Å²) < 4.78 is 0. The van der Waals surface area contributed by atoms with E-state index in [2.05, 4.69) is 32.0 Å². The molecule has 1 fully saturated rings. The summed E-state index contributed by atoms with van der Waals surface area (Å²) in [5, 5.41) is 0. The average Bonchev–Trinajstić information content (AvgIpc) is 2.51. The third-order valence-corrected chi connectivity index (χ3v) is 3.99. The molecule has 0 atom stereocenters. The van der Waals surface area contributed by atoms with Crippen LogP contribution in [0.4, 0.5) is 0 Å². The van der Waals surface area contributed by atoms with Gasteiger partial charge in [0.15, 0.2) is 0 Å². The van der Waals surface area contributed by atoms with Crippen LogP contribution in [0.25, 0.3) is 0 Å². The van der Waals surface area contributed by atoms with Crippen molar-refractivity contribution in [3.05, 3.63) is 53.9 Å². The van der Waals surface area contributed by atoms with Crippen LogP contribution in [0, 0.1) is 6.92 Å². The number of hydrogen-bond acceptors (Lipinski definition) is 4. The Hall–Kier alpha value is -1.81. The van der Waals surface area contributed by atoms with Crippen LogP contribution in [0.1, 0.15) is 35.7 Å². The van der Waals surface area contributed by atoms with Gasteiger partial charge >= 0.3 is 0 Å². The number of aromatic nitrogens is 3. The van der Waals surface area contributed by atoms with Gasteiger partial charge in [0.05, 0.1) is 11.4 Å². The maximum Gasteiger partial charge on any atom is 0.0727 e. The normalized spacial score (nSPS) is 17.2. The largest absolute Gasteiger partial charge is 0.297 e. The van der Waals surface area contributed by atoms with Gasteiger partial charge in [-0.25, -0.2) is 0 Å². The van der Waals surface area contributed by atoms with Gasteiger partial charge in [-0.3, -0.25) is 19.9 Å². The second kappa shape index (κ2) is 6.09. The molecule has 4 heteroatoms. The third kappa shape index (κ3) is 3.20. The van der Waals surface area contributed by atoms with Gasteiger partial charge in [-0.2, -0.15) is 0 Å². The Labute approximate surface area is 119 Å². The zero-order chi connectivity index (χ0) is 13.8. The zero-order valence-electron chi connectivity index (χ0n) is 11.9. The van der Waals surface area contributed by atoms with E-state index in [9.17, 15) is 0 Å². The molecule has 0 aromatic carbocycles. The van der Waals surface area contributed by atoms with Crippen LogP contribution in [0.3, 0.4) is 0 Å². The van der Waals surface area contributed by atoms with Crippen molar-refractivity contribution in [2.24, 2.45) is 0 Å². The number of rotatable bonds is 3. The molecule has 0 saturated carbocycles. The van der Waals surface area contributed by atoms with Crippen LogP contribution < -0.4 is 0 Å². The van der Waals surface area contributed by atoms with Gasteiger partial charge in [0, 0.05) is 31.3 Å². The molecule has 3 rings (SSSR count). The number of pyridine rings is 1. The van der Waals surface area contributed by atoms with E-state index in [0.29, 0.717) is 5.92 Å². The number of nitrogens with zero attached hydrogens (tertiary/aromatic N) is 4. The van der Waals surface area contributed by atoms with Gasteiger partial charge in [-0.1, -0.05) is 0 Å². The molecular weight excluding hydrogens is 248 g/mol. The molecule has 0 amide bonds. The molecule has 104 valence electrons. The van der Waals surface area contributed by atoms with E-state index >= 15 is 0 Å². The summed E-state index contributed by atoms with van der Waals surface area (Å²) >= 11 is 0. The predicted octanol–water partition coefficient (Wildman–Crippen LogP) is 2.56. The summed E-state index contributed by atoms with van der Waals surface area (Å²) in [6.45, 7) is 5.14. The third-order valence-electron chi connectivity index (χ3n) is 3.99. The number of hydrogen-bond donors (Lipinski definition) is 0. The van der Waals surface area contributed by atoms with Crippen LogP contribution in [-0.4, -0.2) is 32.9 Å². The molecule has 0 bridgehead atoms. The van der Waals surface area contributed by atoms with E-state index in [4.69, 9.17) is 0 Å². The fourth-order valence-corrected chi connectivity index (χ4v) is 2.79. The van der Waals surface area contributed by atoms with Crippen molar-refractivity contribution in [3.63, 3.8) is 0 Å². The molecule has 0 unspecified atom stereocenters. The van der Waals surface area contributed by atoms with E-state index in [1.54, 1.807) is 0 Å². The summed E-state index contributed by atoms with van der Waals surface area (Å²) in [7, 11) is 0. The minimum atomic E-state index is 0.679. The molecule has 1 saturated heterocycles. The maximum atomic E-state index is 4.44. The smallest absolute Gasteiger partial charge is 0.0727 e. The Morgan fingerprint density at radius 3 is 2.50 bits per heavy atom. The first kappa shape index (κ1) is 13.2. The zero-order valence-corrected chi connectivity index (χ0v) is 11.9. The lowest BCUT2D eigenvalue weighted by Crippen LogP contribution is -2.32. The van der Waals surface area contributed by atoms with Crippen molar-refractivity contribution in [3.8, 4) is 0 Å². The van der Waals surface area contributed by atoms with Crippen molar-refractivity contribution < 1.29 is 0 Å². The molecule has 0 N–H and O–H groups in total. The summed E-state index contributed by atoms with van der Waals surface area (Å²) in [4.78, 5) is 15.3. The molecule has 0 aliphatic carbocycles. The summed E-state index contributed by atoms with van der Waals surface area (Å²) in [5.74, 6) is 0.679. The molecule has 0 radical (unpaired) electrons. The predicted molar refractivity (Wildman–Crippen MR) is 78.3 cm³/mol. The van der Waals surface area contributed by atoms with E-state index in [0.717, 1.165) is 31.0 Å². The summed E-state index contributed by atoms with van der Waals surface area (Å²) in [6.07, 6.45) is 9.95. The lowest BCUT2D eigenvalue weighted by atomic mass is 9.90. The first-order chi connectivity index (χ1) is 9.81. The fourth-order valence-electron chi connectivity index (χ4n) is 2.79. The van der Waals surface area contributed by atoms with E-state index < -0.39 is 0 Å². The molecule has 0 spiro atoms. The van der Waals surface area contributed by atoms with Gasteiger partial charge in [0.1, 0.15) is 0 Å². The minimum absolute atomic E-state index is 0.679. The quantitative estimate of drug-likeness (QED) is 0.858. The highest BCUT2D eigenvalue weighted by Crippen LogP contribution is 2.27. The maximum absolute atomic E-state index is 4.44. The fraction of sp³-hybridized carbons (Fsp3) is 0.438. The topological polar surface area (TPSA) is 41.9 Å². The second-order valence-corrected chi connectivity index (χ2v) is 5.48. The standard InChI is InChI=1S/C16H20N4/c1-13-10-19-16(11-18-13)12-20-8-4-15(5-9-20)14-2-6-17-7-3-14/h2-3,6-7,10-11,15H,4-5,8-9,12H2,1H3. The van der Waals surface area contributed by atoms with Crippen LogP contribution in [0.2, 0.25) is 0 Å². The van der Waals surface area contributed by atoms with Gasteiger partial charge in [-0.05, 0) is 56.5 Å². The minimum Gasteiger partial charge on any atom is -0.297 e. The average molecular weight is 268 g/mol. The molecule has 20 heavy (non-hydrogen) atoms. The van der Waals surface area contributed by atoms with Gasteiger partial charge in [-0.15, -0.1) is 0 Å². The highest BCUT2D eigenvalue weighted by Gasteiger charge is 2.20. The number of likely N-dealkylation sites (tertiary alicyclic amines) is 1. The molecule has 2 aromatic rings. The first-order valence-corrected chi connectivity index (χ1v) is 7.21. The number of piperidine rings is 1. The molecule has 4 nitrogen and oxygen atoms in total. The lowest BCUT2D eigenvalue weighted by molar-refractivity contribution is 0.202. The van der Waals surface area contributed by atoms with Crippen molar-refractivity contribution in [2.75, 3.05) is 13.1 Å². The Morgan fingerprint density at radius 1 is 1.10 bits per heavy atom. The first-order valence-electron chi connectivity index (χ1n) is 7.21. The van der Waals surface area contributed by atoms with Crippen LogP contribution in [-0.2, 0) is 6.54 Å². The van der Waals surface area contributed by atoms with Crippen LogP contribution in [0.15, 0.2) is 36.9 Å². The van der Waals surface area contributed by atoms with Crippen LogP contribution in [0.5, 0.6) is 0 Å². The molecule has 3 heterocycles. The monoisotopic (exact) mass is 268 g/mol. The second-order valence-electron chi connectivity index (χ2n) is 5.48. The van der Waals surface area contributed by atoms with E-state index in [1.165, 1.54) is 18.4 Å². The van der Waals surface area contributed by atoms with E-state index in [-0.39, 0.29) is 0 Å². The molecule has 2 aromatic heterocycles. The van der Waals surface area contributed by atoms with Crippen molar-refractivity contribution in [1.29, 1.82) is 0 Å². The Kier molecular flexibility index (Phi) is 4.02. The van der Waals surface area contributed by atoms with Crippen molar-refractivity contribution in [2.45, 2.75) is 32.2 Å². The van der Waals surface area contributed by atoms with Crippen molar-refractivity contribution in [1.82, 2.24) is 19.9 Å². The summed E-state index contributed by atoms with van der Waals surface area (Å²) in [6, 6.07) is 4.29. The molecular formula is C16H20N4. The highest BCUT2D eigenvalue weighted by atomic mass is 15.1. The highest BCUT2D eigenvalue weighted by molar-refractivity contribution is 5.16. The summed E-state index contributed by atoms with van der Waals surface area (Å²) in [5.41, 5.74) is 3.47.